The Labute approximate surface area is 173 Å². The molecule has 3 aromatic heterocycles. The molecule has 0 amide bonds. The first-order valence-corrected chi connectivity index (χ1v) is 10.2. The number of halogens is 1. The fourth-order valence-electron chi connectivity index (χ4n) is 3.94. The van der Waals surface area contributed by atoms with Crippen LogP contribution >= 0.6 is 0 Å². The van der Waals surface area contributed by atoms with Gasteiger partial charge in [0.1, 0.15) is 11.3 Å². The van der Waals surface area contributed by atoms with E-state index in [0.29, 0.717) is 29.6 Å². The van der Waals surface area contributed by atoms with Gasteiger partial charge >= 0.3 is 0 Å². The standard InChI is InChI=1S/C22H22FN7/c23-17-9-3-4-10-18(17)27-22-28-19-14-26-21(25-13-15-6-5-11-24-12-15)29-20(19)30(22)16-7-1-2-8-16/h3-6,9-12,14,16H,1-2,7-8,13H2,(H,27,28)(H,25,26,29). The van der Waals surface area contributed by atoms with Crippen molar-refractivity contribution >= 4 is 28.7 Å². The van der Waals surface area contributed by atoms with Gasteiger partial charge in [-0.25, -0.2) is 14.4 Å². The van der Waals surface area contributed by atoms with Gasteiger partial charge in [-0.05, 0) is 36.6 Å². The zero-order valence-electron chi connectivity index (χ0n) is 16.4. The minimum Gasteiger partial charge on any atom is -0.350 e. The molecule has 3 heterocycles. The Bertz CT molecular complexity index is 1150. The summed E-state index contributed by atoms with van der Waals surface area (Å²) >= 11 is 0. The number of hydrogen-bond acceptors (Lipinski definition) is 6. The first kappa shape index (κ1) is 18.5. The number of imidazole rings is 1. The molecule has 8 heteroatoms. The van der Waals surface area contributed by atoms with Crippen molar-refractivity contribution in [2.45, 2.75) is 38.3 Å². The lowest BCUT2D eigenvalue weighted by Crippen LogP contribution is -2.11. The lowest BCUT2D eigenvalue weighted by molar-refractivity contribution is 0.535. The van der Waals surface area contributed by atoms with Crippen LogP contribution in [0, 0.1) is 5.82 Å². The van der Waals surface area contributed by atoms with Crippen LogP contribution in [0.1, 0.15) is 37.3 Å². The zero-order valence-corrected chi connectivity index (χ0v) is 16.4. The summed E-state index contributed by atoms with van der Waals surface area (Å²) in [4.78, 5) is 18.0. The van der Waals surface area contributed by atoms with E-state index >= 15 is 0 Å². The summed E-state index contributed by atoms with van der Waals surface area (Å²) in [6.45, 7) is 0.581. The van der Waals surface area contributed by atoms with Crippen LogP contribution in [0.15, 0.2) is 55.0 Å². The van der Waals surface area contributed by atoms with Crippen LogP contribution < -0.4 is 10.6 Å². The molecule has 4 aromatic rings. The van der Waals surface area contributed by atoms with Gasteiger partial charge in [-0.1, -0.05) is 31.0 Å². The Morgan fingerprint density at radius 2 is 1.90 bits per heavy atom. The van der Waals surface area contributed by atoms with E-state index in [0.717, 1.165) is 24.1 Å². The second-order valence-corrected chi connectivity index (χ2v) is 7.47. The van der Waals surface area contributed by atoms with Gasteiger partial charge in [0.2, 0.25) is 11.9 Å². The van der Waals surface area contributed by atoms with Crippen LogP contribution in [-0.4, -0.2) is 24.5 Å². The van der Waals surface area contributed by atoms with E-state index in [1.54, 1.807) is 30.6 Å². The number of rotatable bonds is 6. The maximum atomic E-state index is 14.2. The Morgan fingerprint density at radius 1 is 1.03 bits per heavy atom. The molecule has 7 nitrogen and oxygen atoms in total. The fourth-order valence-corrected chi connectivity index (χ4v) is 3.94. The second-order valence-electron chi connectivity index (χ2n) is 7.47. The van der Waals surface area contributed by atoms with Gasteiger partial charge in [-0.2, -0.15) is 4.98 Å². The molecule has 2 N–H and O–H groups in total. The predicted molar refractivity (Wildman–Crippen MR) is 114 cm³/mol. The van der Waals surface area contributed by atoms with Crippen molar-refractivity contribution in [3.63, 3.8) is 0 Å². The number of nitrogens with one attached hydrogen (secondary N) is 2. The minimum absolute atomic E-state index is 0.283. The summed E-state index contributed by atoms with van der Waals surface area (Å²) < 4.78 is 16.3. The lowest BCUT2D eigenvalue weighted by Gasteiger charge is -2.17. The van der Waals surface area contributed by atoms with Gasteiger partial charge in [0.25, 0.3) is 0 Å². The molecule has 152 valence electrons. The topological polar surface area (TPSA) is 80.6 Å². The normalized spacial score (nSPS) is 14.3. The van der Waals surface area contributed by atoms with Gasteiger partial charge in [0, 0.05) is 25.0 Å². The Balaban J connectivity index is 1.50. The molecule has 0 saturated heterocycles. The van der Waals surface area contributed by atoms with Gasteiger partial charge in [-0.3, -0.25) is 9.55 Å². The largest absolute Gasteiger partial charge is 0.350 e. The average molecular weight is 403 g/mol. The van der Waals surface area contributed by atoms with Crippen LogP contribution in [-0.2, 0) is 6.54 Å². The monoisotopic (exact) mass is 403 g/mol. The molecule has 0 radical (unpaired) electrons. The minimum atomic E-state index is -0.313. The molecular weight excluding hydrogens is 381 g/mol. The van der Waals surface area contributed by atoms with Crippen molar-refractivity contribution in [3.05, 3.63) is 66.4 Å². The highest BCUT2D eigenvalue weighted by atomic mass is 19.1. The van der Waals surface area contributed by atoms with E-state index in [2.05, 4.69) is 30.2 Å². The van der Waals surface area contributed by atoms with Gasteiger partial charge in [-0.15, -0.1) is 0 Å². The third kappa shape index (κ3) is 3.68. The molecule has 0 unspecified atom stereocenters. The highest BCUT2D eigenvalue weighted by Gasteiger charge is 2.24. The second kappa shape index (κ2) is 8.06. The van der Waals surface area contributed by atoms with Crippen LogP contribution in [0.4, 0.5) is 22.0 Å². The summed E-state index contributed by atoms with van der Waals surface area (Å²) in [6.07, 6.45) is 9.72. The van der Waals surface area contributed by atoms with Gasteiger partial charge < -0.3 is 10.6 Å². The summed E-state index contributed by atoms with van der Waals surface area (Å²) in [5, 5.41) is 6.42. The van der Waals surface area contributed by atoms with Crippen molar-refractivity contribution in [2.75, 3.05) is 10.6 Å². The molecule has 0 aliphatic heterocycles. The van der Waals surface area contributed by atoms with Crippen LogP contribution in [0.25, 0.3) is 11.2 Å². The zero-order chi connectivity index (χ0) is 20.3. The lowest BCUT2D eigenvalue weighted by atomic mass is 10.2. The number of fused-ring (bicyclic) bond motifs is 1. The molecule has 1 fully saturated rings. The number of hydrogen-bond donors (Lipinski definition) is 2. The molecule has 5 rings (SSSR count). The average Bonchev–Trinajstić information content (AvgIpc) is 3.41. The Kier molecular flexibility index (Phi) is 4.96. The smallest absolute Gasteiger partial charge is 0.225 e. The molecular formula is C22H22FN7. The van der Waals surface area contributed by atoms with E-state index in [-0.39, 0.29) is 11.9 Å². The maximum Gasteiger partial charge on any atom is 0.225 e. The van der Waals surface area contributed by atoms with Crippen LogP contribution in [0.2, 0.25) is 0 Å². The molecule has 0 spiro atoms. The van der Waals surface area contributed by atoms with Crippen molar-refractivity contribution in [1.29, 1.82) is 0 Å². The first-order chi connectivity index (χ1) is 14.8. The van der Waals surface area contributed by atoms with E-state index in [4.69, 9.17) is 4.98 Å². The summed E-state index contributed by atoms with van der Waals surface area (Å²) in [6, 6.07) is 10.8. The van der Waals surface area contributed by atoms with Crippen LogP contribution in [0.5, 0.6) is 0 Å². The number of nitrogens with zero attached hydrogens (tertiary/aromatic N) is 5. The van der Waals surface area contributed by atoms with Crippen LogP contribution in [0.3, 0.4) is 0 Å². The van der Waals surface area contributed by atoms with Crippen molar-refractivity contribution in [1.82, 2.24) is 24.5 Å². The fraction of sp³-hybridized carbons (Fsp3) is 0.273. The quantitative estimate of drug-likeness (QED) is 0.480. The van der Waals surface area contributed by atoms with E-state index in [1.165, 1.54) is 18.9 Å². The third-order valence-electron chi connectivity index (χ3n) is 5.42. The molecule has 1 aliphatic rings. The highest BCUT2D eigenvalue weighted by Crippen LogP contribution is 2.36. The number of benzene rings is 1. The van der Waals surface area contributed by atoms with Crippen molar-refractivity contribution in [2.24, 2.45) is 0 Å². The number of aromatic nitrogens is 5. The van der Waals surface area contributed by atoms with E-state index < -0.39 is 0 Å². The highest BCUT2D eigenvalue weighted by molar-refractivity contribution is 5.76. The molecule has 1 saturated carbocycles. The Morgan fingerprint density at radius 3 is 2.70 bits per heavy atom. The first-order valence-electron chi connectivity index (χ1n) is 10.2. The Hall–Kier alpha value is -3.55. The van der Waals surface area contributed by atoms with Gasteiger partial charge in [0.05, 0.1) is 11.9 Å². The van der Waals surface area contributed by atoms with Crippen molar-refractivity contribution < 1.29 is 4.39 Å². The SMILES string of the molecule is Fc1ccccc1Nc1nc2cnc(NCc3cccnc3)nc2n1C1CCCC1. The summed E-state index contributed by atoms with van der Waals surface area (Å²) in [7, 11) is 0. The number of anilines is 3. The number of para-hydroxylation sites is 1. The summed E-state index contributed by atoms with van der Waals surface area (Å²) in [5.41, 5.74) is 2.89. The van der Waals surface area contributed by atoms with E-state index in [9.17, 15) is 4.39 Å². The predicted octanol–water partition coefficient (Wildman–Crippen LogP) is 4.83. The maximum absolute atomic E-state index is 14.2. The summed E-state index contributed by atoms with van der Waals surface area (Å²) in [5.74, 6) is 0.816. The van der Waals surface area contributed by atoms with Crippen molar-refractivity contribution in [3.8, 4) is 0 Å². The number of pyridine rings is 1. The molecule has 0 atom stereocenters. The molecule has 1 aromatic carbocycles. The molecule has 30 heavy (non-hydrogen) atoms. The van der Waals surface area contributed by atoms with Gasteiger partial charge in [0.15, 0.2) is 5.65 Å². The van der Waals surface area contributed by atoms with E-state index in [1.807, 2.05) is 18.3 Å². The third-order valence-corrected chi connectivity index (χ3v) is 5.42. The molecule has 1 aliphatic carbocycles. The molecule has 0 bridgehead atoms.